The van der Waals surface area contributed by atoms with E-state index in [4.69, 9.17) is 0 Å². The first-order chi connectivity index (χ1) is 9.37. The Morgan fingerprint density at radius 3 is 2.20 bits per heavy atom. The average molecular weight is 293 g/mol. The summed E-state index contributed by atoms with van der Waals surface area (Å²) in [4.78, 5) is 0.478. The van der Waals surface area contributed by atoms with Crippen LogP contribution in [0.2, 0.25) is 0 Å². The van der Waals surface area contributed by atoms with Gasteiger partial charge < -0.3 is 0 Å². The van der Waals surface area contributed by atoms with Gasteiger partial charge in [-0.1, -0.05) is 24.1 Å². The van der Waals surface area contributed by atoms with E-state index in [2.05, 4.69) is 4.72 Å². The van der Waals surface area contributed by atoms with Gasteiger partial charge in [0.25, 0.3) is 0 Å². The number of sulfonamides is 1. The zero-order chi connectivity index (χ0) is 14.5. The highest BCUT2D eigenvalue weighted by atomic mass is 32.2. The number of hydrogen-bond donors (Lipinski definition) is 1. The number of hydrogen-bond acceptors (Lipinski definition) is 2. The molecule has 0 aromatic heterocycles. The normalized spacial score (nSPS) is 29.1. The monoisotopic (exact) mass is 293 g/mol. The minimum Gasteiger partial charge on any atom is -0.208 e. The summed E-state index contributed by atoms with van der Waals surface area (Å²) in [5.74, 6) is 1.30. The van der Waals surface area contributed by atoms with Crippen LogP contribution in [0.3, 0.4) is 0 Å². The lowest BCUT2D eigenvalue weighted by Gasteiger charge is -2.24. The van der Waals surface area contributed by atoms with Crippen LogP contribution >= 0.6 is 0 Å². The molecule has 2 saturated carbocycles. The van der Waals surface area contributed by atoms with E-state index < -0.39 is 10.0 Å². The van der Waals surface area contributed by atoms with Crippen molar-refractivity contribution in [1.82, 2.24) is 4.72 Å². The van der Waals surface area contributed by atoms with Gasteiger partial charge in [0.1, 0.15) is 0 Å². The summed E-state index contributed by atoms with van der Waals surface area (Å²) in [6.45, 7) is 5.77. The van der Waals surface area contributed by atoms with Gasteiger partial charge in [0.05, 0.1) is 4.90 Å². The number of rotatable bonds is 3. The molecule has 2 fully saturated rings. The molecule has 2 aliphatic carbocycles. The van der Waals surface area contributed by atoms with Crippen molar-refractivity contribution in [2.75, 3.05) is 0 Å². The molecule has 1 N–H and O–H groups in total. The summed E-state index contributed by atoms with van der Waals surface area (Å²) in [5.41, 5.74) is 2.80. The molecule has 0 spiro atoms. The molecule has 0 radical (unpaired) electrons. The quantitative estimate of drug-likeness (QED) is 0.931. The molecule has 0 aliphatic heterocycles. The van der Waals surface area contributed by atoms with E-state index in [0.717, 1.165) is 29.0 Å². The Morgan fingerprint density at radius 2 is 1.70 bits per heavy atom. The van der Waals surface area contributed by atoms with Crippen molar-refractivity contribution in [2.45, 2.75) is 57.4 Å². The SMILES string of the molecule is Cc1cc(C)c(S(=O)(=O)N[C@@H]2C[C@@H]3CC[C@@H]2C3)c(C)c1. The van der Waals surface area contributed by atoms with Crippen LogP contribution in [0.4, 0.5) is 0 Å². The molecule has 0 saturated heterocycles. The number of nitrogens with one attached hydrogen (secondary N) is 1. The van der Waals surface area contributed by atoms with E-state index in [-0.39, 0.29) is 6.04 Å². The van der Waals surface area contributed by atoms with Crippen LogP contribution in [0, 0.1) is 32.6 Å². The van der Waals surface area contributed by atoms with Gasteiger partial charge in [-0.15, -0.1) is 0 Å². The van der Waals surface area contributed by atoms with Gasteiger partial charge in [-0.05, 0) is 63.0 Å². The summed E-state index contributed by atoms with van der Waals surface area (Å²) in [6, 6.07) is 4.05. The van der Waals surface area contributed by atoms with Crippen LogP contribution in [-0.4, -0.2) is 14.5 Å². The third kappa shape index (κ3) is 2.40. The fraction of sp³-hybridized carbons (Fsp3) is 0.625. The number of aryl methyl sites for hydroxylation is 3. The Hall–Kier alpha value is -0.870. The molecule has 20 heavy (non-hydrogen) atoms. The van der Waals surface area contributed by atoms with Gasteiger partial charge >= 0.3 is 0 Å². The second kappa shape index (κ2) is 4.85. The van der Waals surface area contributed by atoms with Crippen molar-refractivity contribution in [3.8, 4) is 0 Å². The molecular weight excluding hydrogens is 270 g/mol. The van der Waals surface area contributed by atoms with Gasteiger partial charge in [0, 0.05) is 6.04 Å². The van der Waals surface area contributed by atoms with Gasteiger partial charge in [-0.25, -0.2) is 13.1 Å². The summed E-state index contributed by atoms with van der Waals surface area (Å²) >= 11 is 0. The predicted octanol–water partition coefficient (Wildman–Crippen LogP) is 3.08. The zero-order valence-corrected chi connectivity index (χ0v) is 13.3. The Morgan fingerprint density at radius 1 is 1.05 bits per heavy atom. The molecule has 3 rings (SSSR count). The second-order valence-corrected chi connectivity index (χ2v) is 8.28. The fourth-order valence-electron chi connectivity index (χ4n) is 4.24. The van der Waals surface area contributed by atoms with E-state index >= 15 is 0 Å². The van der Waals surface area contributed by atoms with E-state index in [1.54, 1.807) is 0 Å². The van der Waals surface area contributed by atoms with E-state index in [0.29, 0.717) is 10.8 Å². The van der Waals surface area contributed by atoms with Crippen molar-refractivity contribution in [1.29, 1.82) is 0 Å². The van der Waals surface area contributed by atoms with Crippen LogP contribution in [0.25, 0.3) is 0 Å². The maximum atomic E-state index is 12.7. The molecule has 0 heterocycles. The molecule has 110 valence electrons. The van der Waals surface area contributed by atoms with Gasteiger partial charge in [-0.3, -0.25) is 0 Å². The summed E-state index contributed by atoms with van der Waals surface area (Å²) in [6.07, 6.45) is 4.70. The smallest absolute Gasteiger partial charge is 0.208 e. The molecule has 3 nitrogen and oxygen atoms in total. The predicted molar refractivity (Wildman–Crippen MR) is 80.2 cm³/mol. The lowest BCUT2D eigenvalue weighted by atomic mass is 9.96. The van der Waals surface area contributed by atoms with Crippen LogP contribution in [-0.2, 0) is 10.0 Å². The molecule has 1 aromatic rings. The van der Waals surface area contributed by atoms with Crippen molar-refractivity contribution in [3.05, 3.63) is 28.8 Å². The molecular formula is C16H23NO2S. The lowest BCUT2D eigenvalue weighted by molar-refractivity contribution is 0.390. The van der Waals surface area contributed by atoms with E-state index in [9.17, 15) is 8.42 Å². The molecule has 2 bridgehead atoms. The Labute approximate surface area is 121 Å². The summed E-state index contributed by atoms with van der Waals surface area (Å²) in [7, 11) is -3.39. The average Bonchev–Trinajstić information content (AvgIpc) is 2.87. The Balaban J connectivity index is 1.89. The standard InChI is InChI=1S/C16H23NO2S/c1-10-6-11(2)16(12(3)7-10)20(18,19)17-15-9-13-4-5-14(15)8-13/h6-7,13-15,17H,4-5,8-9H2,1-3H3/t13-,14-,15-/m1/s1. The first-order valence-electron chi connectivity index (χ1n) is 7.47. The highest BCUT2D eigenvalue weighted by Crippen LogP contribution is 2.45. The topological polar surface area (TPSA) is 46.2 Å². The van der Waals surface area contributed by atoms with Gasteiger partial charge in [-0.2, -0.15) is 0 Å². The van der Waals surface area contributed by atoms with Crippen molar-refractivity contribution < 1.29 is 8.42 Å². The van der Waals surface area contributed by atoms with E-state index in [1.165, 1.54) is 19.3 Å². The minimum atomic E-state index is -3.39. The third-order valence-electron chi connectivity index (χ3n) is 4.92. The van der Waals surface area contributed by atoms with Crippen molar-refractivity contribution >= 4 is 10.0 Å². The lowest BCUT2D eigenvalue weighted by Crippen LogP contribution is -2.39. The van der Waals surface area contributed by atoms with Gasteiger partial charge in [0.15, 0.2) is 0 Å². The zero-order valence-electron chi connectivity index (χ0n) is 12.4. The maximum absolute atomic E-state index is 12.7. The molecule has 3 atom stereocenters. The first-order valence-corrected chi connectivity index (χ1v) is 8.95. The largest absolute Gasteiger partial charge is 0.241 e. The molecule has 4 heteroatoms. The van der Waals surface area contributed by atoms with Crippen molar-refractivity contribution in [3.63, 3.8) is 0 Å². The van der Waals surface area contributed by atoms with Crippen LogP contribution in [0.1, 0.15) is 42.4 Å². The maximum Gasteiger partial charge on any atom is 0.241 e. The molecule has 1 aromatic carbocycles. The fourth-order valence-corrected chi connectivity index (χ4v) is 6.01. The van der Waals surface area contributed by atoms with Crippen LogP contribution < -0.4 is 4.72 Å². The molecule has 0 unspecified atom stereocenters. The van der Waals surface area contributed by atoms with Crippen LogP contribution in [0.5, 0.6) is 0 Å². The third-order valence-corrected chi connectivity index (χ3v) is 6.71. The molecule has 0 amide bonds. The summed E-state index contributed by atoms with van der Waals surface area (Å²) < 4.78 is 28.4. The highest BCUT2D eigenvalue weighted by Gasteiger charge is 2.41. The first kappa shape index (κ1) is 14.1. The number of benzene rings is 1. The summed E-state index contributed by atoms with van der Waals surface area (Å²) in [5, 5.41) is 0. The number of fused-ring (bicyclic) bond motifs is 2. The van der Waals surface area contributed by atoms with Crippen LogP contribution in [0.15, 0.2) is 17.0 Å². The van der Waals surface area contributed by atoms with Crippen molar-refractivity contribution in [2.24, 2.45) is 11.8 Å². The second-order valence-electron chi connectivity index (χ2n) is 6.63. The Bertz CT molecular complexity index is 613. The highest BCUT2D eigenvalue weighted by molar-refractivity contribution is 7.89. The Kier molecular flexibility index (Phi) is 3.41. The molecule has 2 aliphatic rings. The van der Waals surface area contributed by atoms with E-state index in [1.807, 2.05) is 32.9 Å². The van der Waals surface area contributed by atoms with Gasteiger partial charge in [0.2, 0.25) is 10.0 Å². The minimum absolute atomic E-state index is 0.152.